The van der Waals surface area contributed by atoms with Crippen LogP contribution >= 0.6 is 0 Å². The summed E-state index contributed by atoms with van der Waals surface area (Å²) in [5.74, 6) is -0.188. The van der Waals surface area contributed by atoms with Gasteiger partial charge < -0.3 is 0 Å². The molecule has 0 aromatic heterocycles. The first-order valence-corrected chi connectivity index (χ1v) is 8.14. The zero-order chi connectivity index (χ0) is 14.5. The molecule has 0 N–H and O–H groups in total. The van der Waals surface area contributed by atoms with E-state index >= 15 is 0 Å². The van der Waals surface area contributed by atoms with E-state index in [9.17, 15) is 8.78 Å². The minimum atomic E-state index is -0.611. The molecule has 0 amide bonds. The second-order valence-electron chi connectivity index (χ2n) is 6.20. The van der Waals surface area contributed by atoms with Crippen LogP contribution in [0.5, 0.6) is 0 Å². The molecule has 0 bridgehead atoms. The van der Waals surface area contributed by atoms with E-state index in [4.69, 9.17) is 0 Å². The highest BCUT2D eigenvalue weighted by molar-refractivity contribution is 5.29. The average molecular weight is 280 g/mol. The molecule has 20 heavy (non-hydrogen) atoms. The average Bonchev–Trinajstić information content (AvgIpc) is 2.46. The van der Waals surface area contributed by atoms with Gasteiger partial charge in [-0.05, 0) is 55.1 Å². The Kier molecular flexibility index (Phi) is 5.56. The minimum Gasteiger partial charge on any atom is -0.203 e. The van der Waals surface area contributed by atoms with Gasteiger partial charge in [0.15, 0.2) is 11.6 Å². The Morgan fingerprint density at radius 3 is 2.25 bits per heavy atom. The molecule has 1 saturated carbocycles. The zero-order valence-electron chi connectivity index (χ0n) is 12.7. The SMILES string of the molecule is CCCc1ccc(C2CCC(CCC)CC2)c(F)c1F. The van der Waals surface area contributed by atoms with Crippen molar-refractivity contribution < 1.29 is 8.78 Å². The Balaban J connectivity index is 2.08. The van der Waals surface area contributed by atoms with E-state index in [1.807, 2.05) is 13.0 Å². The molecule has 0 nitrogen and oxygen atoms in total. The first-order valence-electron chi connectivity index (χ1n) is 8.14. The topological polar surface area (TPSA) is 0 Å². The van der Waals surface area contributed by atoms with Crippen molar-refractivity contribution in [3.05, 3.63) is 34.9 Å². The monoisotopic (exact) mass is 280 g/mol. The van der Waals surface area contributed by atoms with Crippen LogP contribution in [0.4, 0.5) is 8.78 Å². The van der Waals surface area contributed by atoms with Crippen molar-refractivity contribution in [2.24, 2.45) is 5.92 Å². The van der Waals surface area contributed by atoms with E-state index in [0.717, 1.165) is 38.0 Å². The predicted molar refractivity (Wildman–Crippen MR) is 80.0 cm³/mol. The summed E-state index contributed by atoms with van der Waals surface area (Å²) >= 11 is 0. The third-order valence-corrected chi connectivity index (χ3v) is 4.69. The van der Waals surface area contributed by atoms with Gasteiger partial charge in [-0.3, -0.25) is 0 Å². The molecule has 112 valence electrons. The smallest absolute Gasteiger partial charge is 0.162 e. The molecule has 0 saturated heterocycles. The summed E-state index contributed by atoms with van der Waals surface area (Å²) in [6.07, 6.45) is 8.31. The van der Waals surface area contributed by atoms with E-state index in [1.165, 1.54) is 12.8 Å². The second kappa shape index (κ2) is 7.19. The number of aryl methyl sites for hydroxylation is 1. The van der Waals surface area contributed by atoms with Crippen molar-refractivity contribution in [2.75, 3.05) is 0 Å². The zero-order valence-corrected chi connectivity index (χ0v) is 12.7. The number of rotatable bonds is 5. The van der Waals surface area contributed by atoms with E-state index in [-0.39, 0.29) is 5.92 Å². The van der Waals surface area contributed by atoms with Crippen LogP contribution in [0.1, 0.15) is 75.8 Å². The summed E-state index contributed by atoms with van der Waals surface area (Å²) in [7, 11) is 0. The maximum Gasteiger partial charge on any atom is 0.162 e. The molecule has 0 heterocycles. The third-order valence-electron chi connectivity index (χ3n) is 4.69. The highest BCUT2D eigenvalue weighted by atomic mass is 19.2. The Labute approximate surface area is 121 Å². The lowest BCUT2D eigenvalue weighted by molar-refractivity contribution is 0.302. The van der Waals surface area contributed by atoms with Gasteiger partial charge in [0.05, 0.1) is 0 Å². The Morgan fingerprint density at radius 2 is 1.65 bits per heavy atom. The molecule has 1 aliphatic carbocycles. The van der Waals surface area contributed by atoms with E-state index in [0.29, 0.717) is 17.5 Å². The standard InChI is InChI=1S/C18H26F2/c1-3-5-13-7-9-14(10-8-13)16-12-11-15(6-4-2)17(19)18(16)20/h11-14H,3-10H2,1-2H3. The maximum atomic E-state index is 14.2. The van der Waals surface area contributed by atoms with Gasteiger partial charge in [-0.1, -0.05) is 45.2 Å². The highest BCUT2D eigenvalue weighted by Crippen LogP contribution is 2.39. The molecule has 0 unspecified atom stereocenters. The van der Waals surface area contributed by atoms with E-state index in [1.54, 1.807) is 6.07 Å². The molecule has 2 heteroatoms. The van der Waals surface area contributed by atoms with Gasteiger partial charge in [0.2, 0.25) is 0 Å². The van der Waals surface area contributed by atoms with Crippen molar-refractivity contribution in [3.8, 4) is 0 Å². The van der Waals surface area contributed by atoms with E-state index in [2.05, 4.69) is 6.92 Å². The molecular weight excluding hydrogens is 254 g/mol. The highest BCUT2D eigenvalue weighted by Gasteiger charge is 2.25. The van der Waals surface area contributed by atoms with Gasteiger partial charge in [0.1, 0.15) is 0 Å². The molecule has 0 aliphatic heterocycles. The number of hydrogen-bond donors (Lipinski definition) is 0. The fraction of sp³-hybridized carbons (Fsp3) is 0.667. The number of hydrogen-bond acceptors (Lipinski definition) is 0. The second-order valence-corrected chi connectivity index (χ2v) is 6.20. The first-order chi connectivity index (χ1) is 9.67. The summed E-state index contributed by atoms with van der Waals surface area (Å²) in [4.78, 5) is 0. The lowest BCUT2D eigenvalue weighted by Crippen LogP contribution is -2.15. The molecular formula is C18H26F2. The van der Waals surface area contributed by atoms with Gasteiger partial charge in [0.25, 0.3) is 0 Å². The van der Waals surface area contributed by atoms with Crippen LogP contribution in [0.25, 0.3) is 0 Å². The van der Waals surface area contributed by atoms with Crippen LogP contribution in [0, 0.1) is 17.6 Å². The number of halogens is 2. The van der Waals surface area contributed by atoms with Gasteiger partial charge in [-0.2, -0.15) is 0 Å². The fourth-order valence-electron chi connectivity index (χ4n) is 3.55. The summed E-state index contributed by atoms with van der Waals surface area (Å²) in [6, 6.07) is 3.61. The van der Waals surface area contributed by atoms with Crippen molar-refractivity contribution in [3.63, 3.8) is 0 Å². The molecule has 2 rings (SSSR count). The van der Waals surface area contributed by atoms with Gasteiger partial charge in [-0.25, -0.2) is 8.78 Å². The quantitative estimate of drug-likeness (QED) is 0.621. The van der Waals surface area contributed by atoms with Crippen LogP contribution < -0.4 is 0 Å². The normalized spacial score (nSPS) is 23.0. The van der Waals surface area contributed by atoms with Crippen molar-refractivity contribution in [1.29, 1.82) is 0 Å². The van der Waals surface area contributed by atoms with Crippen LogP contribution in [-0.2, 0) is 6.42 Å². The van der Waals surface area contributed by atoms with Gasteiger partial charge in [-0.15, -0.1) is 0 Å². The molecule has 0 spiro atoms. The number of benzene rings is 1. The summed E-state index contributed by atoms with van der Waals surface area (Å²) < 4.78 is 28.3. The minimum absolute atomic E-state index is 0.216. The molecule has 1 aromatic rings. The predicted octanol–water partition coefficient (Wildman–Crippen LogP) is 5.99. The van der Waals surface area contributed by atoms with Crippen molar-refractivity contribution in [1.82, 2.24) is 0 Å². The fourth-order valence-corrected chi connectivity index (χ4v) is 3.55. The van der Waals surface area contributed by atoms with Gasteiger partial charge in [0, 0.05) is 0 Å². The lowest BCUT2D eigenvalue weighted by Gasteiger charge is -2.29. The summed E-state index contributed by atoms with van der Waals surface area (Å²) in [5.41, 5.74) is 1.13. The van der Waals surface area contributed by atoms with Crippen LogP contribution in [-0.4, -0.2) is 0 Å². The van der Waals surface area contributed by atoms with Crippen LogP contribution in [0.2, 0.25) is 0 Å². The summed E-state index contributed by atoms with van der Waals surface area (Å²) in [5, 5.41) is 0. The van der Waals surface area contributed by atoms with Crippen molar-refractivity contribution in [2.45, 2.75) is 71.1 Å². The third kappa shape index (κ3) is 3.39. The van der Waals surface area contributed by atoms with Crippen LogP contribution in [0.15, 0.2) is 12.1 Å². The molecule has 0 radical (unpaired) electrons. The summed E-state index contributed by atoms with van der Waals surface area (Å²) in [6.45, 7) is 4.20. The first kappa shape index (κ1) is 15.5. The Morgan fingerprint density at radius 1 is 0.950 bits per heavy atom. The van der Waals surface area contributed by atoms with Crippen LogP contribution in [0.3, 0.4) is 0 Å². The Bertz CT molecular complexity index is 431. The lowest BCUT2D eigenvalue weighted by atomic mass is 9.77. The van der Waals surface area contributed by atoms with Crippen molar-refractivity contribution >= 4 is 0 Å². The largest absolute Gasteiger partial charge is 0.203 e. The van der Waals surface area contributed by atoms with E-state index < -0.39 is 11.6 Å². The molecule has 0 atom stereocenters. The molecule has 1 aromatic carbocycles. The molecule has 1 aliphatic rings. The molecule has 1 fully saturated rings. The Hall–Kier alpha value is -0.920. The van der Waals surface area contributed by atoms with Gasteiger partial charge >= 0.3 is 0 Å². The maximum absolute atomic E-state index is 14.2.